The Bertz CT molecular complexity index is 1350. The molecule has 0 saturated heterocycles. The third-order valence-electron chi connectivity index (χ3n) is 7.72. The van der Waals surface area contributed by atoms with Crippen molar-refractivity contribution in [2.24, 2.45) is 0 Å². The molecule has 48 heavy (non-hydrogen) atoms. The highest BCUT2D eigenvalue weighted by atomic mass is 16.6. The second-order valence-electron chi connectivity index (χ2n) is 14.7. The minimum atomic E-state index is -1.07. The largest absolute Gasteiger partial charge is 0.458 e. The van der Waals surface area contributed by atoms with E-state index in [1.807, 2.05) is 62.4 Å². The van der Waals surface area contributed by atoms with E-state index in [4.69, 9.17) is 9.47 Å². The number of nitrogens with zero attached hydrogens (tertiary/aromatic N) is 1. The van der Waals surface area contributed by atoms with Crippen molar-refractivity contribution in [1.82, 2.24) is 15.5 Å². The average molecular weight is 666 g/mol. The molecule has 0 fully saturated rings. The molecule has 0 heterocycles. The van der Waals surface area contributed by atoms with Crippen LogP contribution in [-0.2, 0) is 30.3 Å². The Labute approximate surface area is 288 Å². The highest BCUT2D eigenvalue weighted by Gasteiger charge is 2.37. The first-order valence-electron chi connectivity index (χ1n) is 17.4. The van der Waals surface area contributed by atoms with Crippen molar-refractivity contribution in [3.63, 3.8) is 0 Å². The van der Waals surface area contributed by atoms with Crippen molar-refractivity contribution in [2.45, 2.75) is 144 Å². The lowest BCUT2D eigenvalue weighted by Crippen LogP contribution is -2.54. The molecule has 2 aromatic rings. The monoisotopic (exact) mass is 665 g/mol. The SMILES string of the molecule is CCCCCCCCN(C(=O)C(C)NC(=O)OC(C)(C)C)C(C(=O)NC(Cc1ccccc1)C(=O)OC(C)(C)C)c1cc(C)ccc1C. The van der Waals surface area contributed by atoms with Crippen LogP contribution in [0, 0.1) is 13.8 Å². The number of alkyl carbamates (subject to hydrolysis) is 1. The Balaban J connectivity index is 2.58. The summed E-state index contributed by atoms with van der Waals surface area (Å²) >= 11 is 0. The molecule has 0 radical (unpaired) electrons. The zero-order valence-electron chi connectivity index (χ0n) is 30.9. The van der Waals surface area contributed by atoms with Gasteiger partial charge in [0.15, 0.2) is 0 Å². The number of carbonyl (C=O) groups is 4. The lowest BCUT2D eigenvalue weighted by Gasteiger charge is -2.35. The number of nitrogens with one attached hydrogen (secondary N) is 2. The second-order valence-corrected chi connectivity index (χ2v) is 14.7. The van der Waals surface area contributed by atoms with Gasteiger partial charge in [-0.3, -0.25) is 9.59 Å². The van der Waals surface area contributed by atoms with Crippen LogP contribution in [0.25, 0.3) is 0 Å². The number of unbranched alkanes of at least 4 members (excludes halogenated alkanes) is 5. The highest BCUT2D eigenvalue weighted by Crippen LogP contribution is 2.28. The van der Waals surface area contributed by atoms with Gasteiger partial charge in [-0.1, -0.05) is 93.1 Å². The van der Waals surface area contributed by atoms with Crippen LogP contribution in [0.5, 0.6) is 0 Å². The third-order valence-corrected chi connectivity index (χ3v) is 7.72. The smallest absolute Gasteiger partial charge is 0.408 e. The van der Waals surface area contributed by atoms with Crippen molar-refractivity contribution in [1.29, 1.82) is 0 Å². The van der Waals surface area contributed by atoms with E-state index in [-0.39, 0.29) is 13.0 Å². The van der Waals surface area contributed by atoms with Gasteiger partial charge < -0.3 is 25.0 Å². The topological polar surface area (TPSA) is 114 Å². The van der Waals surface area contributed by atoms with E-state index < -0.39 is 53.2 Å². The number of benzene rings is 2. The molecule has 3 atom stereocenters. The van der Waals surface area contributed by atoms with Crippen molar-refractivity contribution >= 4 is 23.9 Å². The number of esters is 1. The van der Waals surface area contributed by atoms with E-state index in [9.17, 15) is 19.2 Å². The Morgan fingerprint density at radius 1 is 0.792 bits per heavy atom. The van der Waals surface area contributed by atoms with Gasteiger partial charge in [-0.15, -0.1) is 0 Å². The van der Waals surface area contributed by atoms with Crippen LogP contribution in [-0.4, -0.2) is 58.6 Å². The molecular weight excluding hydrogens is 606 g/mol. The summed E-state index contributed by atoms with van der Waals surface area (Å²) in [4.78, 5) is 56.7. The van der Waals surface area contributed by atoms with Gasteiger partial charge in [-0.05, 0) is 85.4 Å². The van der Waals surface area contributed by atoms with E-state index in [1.54, 1.807) is 53.4 Å². The zero-order valence-corrected chi connectivity index (χ0v) is 30.9. The van der Waals surface area contributed by atoms with Gasteiger partial charge in [0, 0.05) is 13.0 Å². The quantitative estimate of drug-likeness (QED) is 0.142. The van der Waals surface area contributed by atoms with Gasteiger partial charge in [-0.25, -0.2) is 9.59 Å². The average Bonchev–Trinajstić information content (AvgIpc) is 2.97. The van der Waals surface area contributed by atoms with Gasteiger partial charge in [0.05, 0.1) is 0 Å². The second kappa shape index (κ2) is 18.6. The van der Waals surface area contributed by atoms with Gasteiger partial charge in [0.25, 0.3) is 0 Å². The van der Waals surface area contributed by atoms with Crippen LogP contribution in [0.1, 0.15) is 122 Å². The molecule has 0 aliphatic carbocycles. The van der Waals surface area contributed by atoms with Gasteiger partial charge in [0.2, 0.25) is 11.8 Å². The number of aryl methyl sites for hydroxylation is 2. The van der Waals surface area contributed by atoms with E-state index in [1.165, 1.54) is 0 Å². The lowest BCUT2D eigenvalue weighted by atomic mass is 9.95. The Morgan fingerprint density at radius 3 is 2.00 bits per heavy atom. The fourth-order valence-electron chi connectivity index (χ4n) is 5.40. The first-order valence-corrected chi connectivity index (χ1v) is 17.4. The number of hydrogen-bond acceptors (Lipinski definition) is 6. The maximum absolute atomic E-state index is 14.6. The van der Waals surface area contributed by atoms with Crippen molar-refractivity contribution in [3.8, 4) is 0 Å². The van der Waals surface area contributed by atoms with E-state index in [0.717, 1.165) is 48.8 Å². The predicted molar refractivity (Wildman–Crippen MR) is 190 cm³/mol. The minimum Gasteiger partial charge on any atom is -0.458 e. The molecule has 266 valence electrons. The molecule has 0 aromatic heterocycles. The van der Waals surface area contributed by atoms with Crippen LogP contribution in [0.2, 0.25) is 0 Å². The number of hydrogen-bond donors (Lipinski definition) is 2. The van der Waals surface area contributed by atoms with Gasteiger partial charge >= 0.3 is 12.1 Å². The molecule has 0 aliphatic rings. The molecule has 2 rings (SSSR count). The van der Waals surface area contributed by atoms with E-state index >= 15 is 0 Å². The van der Waals surface area contributed by atoms with Crippen molar-refractivity contribution in [2.75, 3.05) is 6.54 Å². The first kappa shape index (κ1) is 40.3. The summed E-state index contributed by atoms with van der Waals surface area (Å²) in [7, 11) is 0. The van der Waals surface area contributed by atoms with Gasteiger partial charge in [-0.2, -0.15) is 0 Å². The predicted octanol–water partition coefficient (Wildman–Crippen LogP) is 7.52. The standard InChI is InChI=1S/C39H59N3O6/c1-11-12-13-14-15-19-24-42(35(44)29(4)40-37(46)48-39(8,9)10)33(31-25-27(2)22-23-28(31)3)34(43)41-32(36(45)47-38(5,6)7)26-30-20-17-16-18-21-30/h16-18,20-23,25,29,32-33H,11-15,19,24,26H2,1-10H3,(H,40,46)(H,41,43). The molecule has 0 bridgehead atoms. The molecule has 2 aromatic carbocycles. The molecule has 9 nitrogen and oxygen atoms in total. The number of ether oxygens (including phenoxy) is 2. The van der Waals surface area contributed by atoms with Crippen LogP contribution < -0.4 is 10.6 Å². The van der Waals surface area contributed by atoms with Crippen molar-refractivity contribution in [3.05, 3.63) is 70.8 Å². The molecule has 0 saturated carbocycles. The summed E-state index contributed by atoms with van der Waals surface area (Å²) < 4.78 is 11.2. The maximum Gasteiger partial charge on any atom is 0.408 e. The number of amides is 3. The summed E-state index contributed by atoms with van der Waals surface area (Å²) in [6.07, 6.45) is 5.41. The van der Waals surface area contributed by atoms with Crippen LogP contribution >= 0.6 is 0 Å². The molecule has 0 aliphatic heterocycles. The van der Waals surface area contributed by atoms with Gasteiger partial charge in [0.1, 0.15) is 29.3 Å². The Hall–Kier alpha value is -3.88. The lowest BCUT2D eigenvalue weighted by molar-refractivity contribution is -0.159. The molecule has 3 amide bonds. The number of rotatable bonds is 16. The first-order chi connectivity index (χ1) is 22.4. The fourth-order valence-corrected chi connectivity index (χ4v) is 5.40. The Morgan fingerprint density at radius 2 is 1.40 bits per heavy atom. The minimum absolute atomic E-state index is 0.211. The molecule has 9 heteroatoms. The number of carbonyl (C=O) groups excluding carboxylic acids is 4. The van der Waals surface area contributed by atoms with Crippen LogP contribution in [0.15, 0.2) is 48.5 Å². The normalized spacial score (nSPS) is 13.5. The maximum atomic E-state index is 14.6. The molecular formula is C39H59N3O6. The van der Waals surface area contributed by atoms with Crippen LogP contribution in [0.4, 0.5) is 4.79 Å². The van der Waals surface area contributed by atoms with E-state index in [2.05, 4.69) is 17.6 Å². The Kier molecular flexibility index (Phi) is 15.6. The molecule has 3 unspecified atom stereocenters. The molecule has 0 spiro atoms. The van der Waals surface area contributed by atoms with Crippen molar-refractivity contribution < 1.29 is 28.7 Å². The third kappa shape index (κ3) is 14.1. The highest BCUT2D eigenvalue weighted by molar-refractivity contribution is 5.94. The summed E-state index contributed by atoms with van der Waals surface area (Å²) in [5, 5.41) is 5.64. The molecule has 2 N–H and O–H groups in total. The summed E-state index contributed by atoms with van der Waals surface area (Å²) in [5.74, 6) is -1.49. The zero-order chi connectivity index (χ0) is 36.1. The van der Waals surface area contributed by atoms with E-state index in [0.29, 0.717) is 12.0 Å². The fraction of sp³-hybridized carbons (Fsp3) is 0.590. The summed E-state index contributed by atoms with van der Waals surface area (Å²) in [6, 6.07) is 12.2. The van der Waals surface area contributed by atoms with Crippen LogP contribution in [0.3, 0.4) is 0 Å². The summed E-state index contributed by atoms with van der Waals surface area (Å²) in [6.45, 7) is 18.5. The summed E-state index contributed by atoms with van der Waals surface area (Å²) in [5.41, 5.74) is 1.73.